The van der Waals surface area contributed by atoms with Crippen LogP contribution >= 0.6 is 0 Å². The fraction of sp³-hybridized carbons (Fsp3) is 0.200. The fourth-order valence-corrected chi connectivity index (χ4v) is 2.35. The summed E-state index contributed by atoms with van der Waals surface area (Å²) in [5.41, 5.74) is 5.70. The maximum absolute atomic E-state index is 11.6. The first-order valence-electron chi connectivity index (χ1n) is 6.30. The molecule has 0 saturated heterocycles. The highest BCUT2D eigenvalue weighted by molar-refractivity contribution is 6.20. The van der Waals surface area contributed by atoms with Gasteiger partial charge in [0.25, 0.3) is 0 Å². The molecule has 0 aliphatic carbocycles. The van der Waals surface area contributed by atoms with Crippen LogP contribution in [0.5, 0.6) is 0 Å². The van der Waals surface area contributed by atoms with Crippen molar-refractivity contribution in [2.75, 3.05) is 12.0 Å². The van der Waals surface area contributed by atoms with Gasteiger partial charge < -0.3 is 4.74 Å². The minimum atomic E-state index is -0.251. The Hall–Kier alpha value is -2.36. The number of hydrazone groups is 1. The number of hydrogen-bond acceptors (Lipinski definition) is 4. The SMILES string of the molecule is CCOC(=O)CC1=NNc2cccc3cccc1c23. The molecule has 19 heavy (non-hydrogen) atoms. The number of nitrogens with zero attached hydrogens (tertiary/aromatic N) is 1. The zero-order valence-electron chi connectivity index (χ0n) is 10.6. The van der Waals surface area contributed by atoms with Crippen LogP contribution < -0.4 is 5.43 Å². The van der Waals surface area contributed by atoms with Crippen LogP contribution in [0.25, 0.3) is 10.8 Å². The number of anilines is 1. The van der Waals surface area contributed by atoms with E-state index < -0.39 is 0 Å². The molecule has 0 radical (unpaired) electrons. The van der Waals surface area contributed by atoms with Crippen LogP contribution in [0.2, 0.25) is 0 Å². The van der Waals surface area contributed by atoms with Crippen molar-refractivity contribution >= 4 is 28.1 Å². The van der Waals surface area contributed by atoms with Gasteiger partial charge in [-0.3, -0.25) is 10.2 Å². The lowest BCUT2D eigenvalue weighted by molar-refractivity contribution is -0.141. The Morgan fingerprint density at radius 2 is 2.05 bits per heavy atom. The van der Waals surface area contributed by atoms with E-state index in [1.165, 1.54) is 0 Å². The second-order valence-corrected chi connectivity index (χ2v) is 4.36. The number of nitrogens with one attached hydrogen (secondary N) is 1. The van der Waals surface area contributed by atoms with Crippen molar-refractivity contribution in [1.82, 2.24) is 0 Å². The number of benzene rings is 2. The molecule has 0 aromatic heterocycles. The van der Waals surface area contributed by atoms with Crippen LogP contribution in [0.4, 0.5) is 5.69 Å². The molecule has 4 nitrogen and oxygen atoms in total. The van der Waals surface area contributed by atoms with Gasteiger partial charge in [-0.1, -0.05) is 30.3 Å². The summed E-state index contributed by atoms with van der Waals surface area (Å²) in [5.74, 6) is -0.251. The first kappa shape index (κ1) is 11.7. The zero-order chi connectivity index (χ0) is 13.2. The Balaban J connectivity index is 2.03. The number of carbonyl (C=O) groups is 1. The Morgan fingerprint density at radius 1 is 1.26 bits per heavy atom. The lowest BCUT2D eigenvalue weighted by atomic mass is 9.97. The van der Waals surface area contributed by atoms with E-state index in [1.807, 2.05) is 24.3 Å². The van der Waals surface area contributed by atoms with E-state index in [9.17, 15) is 4.79 Å². The average molecular weight is 254 g/mol. The predicted molar refractivity (Wildman–Crippen MR) is 75.4 cm³/mol. The van der Waals surface area contributed by atoms with Crippen molar-refractivity contribution in [1.29, 1.82) is 0 Å². The maximum atomic E-state index is 11.6. The minimum absolute atomic E-state index is 0.189. The third-order valence-electron chi connectivity index (χ3n) is 3.14. The Morgan fingerprint density at radius 3 is 2.84 bits per heavy atom. The third-order valence-corrected chi connectivity index (χ3v) is 3.14. The summed E-state index contributed by atoms with van der Waals surface area (Å²) in [6, 6.07) is 12.0. The predicted octanol–water partition coefficient (Wildman–Crippen LogP) is 2.92. The number of hydrogen-bond donors (Lipinski definition) is 1. The largest absolute Gasteiger partial charge is 0.466 e. The summed E-state index contributed by atoms with van der Waals surface area (Å²) >= 11 is 0. The number of carbonyl (C=O) groups excluding carboxylic acids is 1. The van der Waals surface area contributed by atoms with Gasteiger partial charge in [-0.2, -0.15) is 5.10 Å². The number of ether oxygens (including phenoxy) is 1. The molecular formula is C15H14N2O2. The molecular weight excluding hydrogens is 240 g/mol. The molecule has 4 heteroatoms. The lowest BCUT2D eigenvalue weighted by Gasteiger charge is -2.18. The molecule has 1 aliphatic heterocycles. The van der Waals surface area contributed by atoms with E-state index in [0.717, 1.165) is 27.7 Å². The molecule has 0 fully saturated rings. The van der Waals surface area contributed by atoms with Crippen molar-refractivity contribution in [3.05, 3.63) is 42.0 Å². The first-order valence-corrected chi connectivity index (χ1v) is 6.30. The summed E-state index contributed by atoms with van der Waals surface area (Å²) in [4.78, 5) is 11.6. The molecule has 1 N–H and O–H groups in total. The van der Waals surface area contributed by atoms with E-state index in [2.05, 4.69) is 22.7 Å². The smallest absolute Gasteiger partial charge is 0.311 e. The minimum Gasteiger partial charge on any atom is -0.466 e. The fourth-order valence-electron chi connectivity index (χ4n) is 2.35. The summed E-state index contributed by atoms with van der Waals surface area (Å²) in [7, 11) is 0. The molecule has 1 aliphatic rings. The molecule has 0 bridgehead atoms. The van der Waals surface area contributed by atoms with E-state index >= 15 is 0 Å². The summed E-state index contributed by atoms with van der Waals surface area (Å²) in [6.45, 7) is 2.19. The molecule has 3 rings (SSSR count). The van der Waals surface area contributed by atoms with Gasteiger partial charge in [-0.15, -0.1) is 0 Å². The average Bonchev–Trinajstić information content (AvgIpc) is 2.43. The Labute approximate surface area is 111 Å². The van der Waals surface area contributed by atoms with Crippen LogP contribution in [-0.2, 0) is 9.53 Å². The van der Waals surface area contributed by atoms with Gasteiger partial charge in [-0.25, -0.2) is 0 Å². The van der Waals surface area contributed by atoms with E-state index in [0.29, 0.717) is 6.61 Å². The summed E-state index contributed by atoms with van der Waals surface area (Å²) < 4.78 is 4.98. The Bertz CT molecular complexity index is 672. The molecule has 0 atom stereocenters. The Kier molecular flexibility index (Phi) is 2.91. The zero-order valence-corrected chi connectivity index (χ0v) is 10.6. The highest BCUT2D eigenvalue weighted by Gasteiger charge is 2.18. The van der Waals surface area contributed by atoms with Gasteiger partial charge in [0, 0.05) is 10.9 Å². The van der Waals surface area contributed by atoms with Gasteiger partial charge in [0.05, 0.1) is 24.4 Å². The van der Waals surface area contributed by atoms with Crippen LogP contribution in [0.15, 0.2) is 41.5 Å². The molecule has 2 aromatic carbocycles. The van der Waals surface area contributed by atoms with Crippen molar-refractivity contribution < 1.29 is 9.53 Å². The third kappa shape index (κ3) is 2.05. The normalized spacial score (nSPS) is 12.8. The van der Waals surface area contributed by atoms with Crippen molar-refractivity contribution in [2.45, 2.75) is 13.3 Å². The summed E-state index contributed by atoms with van der Waals surface area (Å²) in [6.07, 6.45) is 0.189. The van der Waals surface area contributed by atoms with Crippen LogP contribution in [0, 0.1) is 0 Å². The van der Waals surface area contributed by atoms with Crippen molar-refractivity contribution in [3.63, 3.8) is 0 Å². The van der Waals surface area contributed by atoms with Gasteiger partial charge in [0.15, 0.2) is 0 Å². The number of rotatable bonds is 3. The molecule has 2 aromatic rings. The topological polar surface area (TPSA) is 50.7 Å². The van der Waals surface area contributed by atoms with Gasteiger partial charge in [-0.05, 0) is 18.4 Å². The van der Waals surface area contributed by atoms with Crippen LogP contribution in [0.1, 0.15) is 18.9 Å². The van der Waals surface area contributed by atoms with Crippen molar-refractivity contribution in [2.24, 2.45) is 5.10 Å². The van der Waals surface area contributed by atoms with Crippen molar-refractivity contribution in [3.8, 4) is 0 Å². The molecule has 96 valence electrons. The highest BCUT2D eigenvalue weighted by atomic mass is 16.5. The molecule has 0 amide bonds. The van der Waals surface area contributed by atoms with Gasteiger partial charge >= 0.3 is 5.97 Å². The highest BCUT2D eigenvalue weighted by Crippen LogP contribution is 2.31. The van der Waals surface area contributed by atoms with E-state index in [4.69, 9.17) is 4.74 Å². The summed E-state index contributed by atoms with van der Waals surface area (Å²) in [5, 5.41) is 6.53. The monoisotopic (exact) mass is 254 g/mol. The molecule has 0 spiro atoms. The maximum Gasteiger partial charge on any atom is 0.311 e. The second-order valence-electron chi connectivity index (χ2n) is 4.36. The molecule has 0 unspecified atom stereocenters. The first-order chi connectivity index (χ1) is 9.29. The van der Waals surface area contributed by atoms with Gasteiger partial charge in [0.2, 0.25) is 0 Å². The molecule has 0 saturated carbocycles. The van der Waals surface area contributed by atoms with Gasteiger partial charge in [0.1, 0.15) is 0 Å². The standard InChI is InChI=1S/C15H14N2O2/c1-2-19-14(18)9-13-11-7-3-5-10-6-4-8-12(15(10)11)16-17-13/h3-8,16H,2,9H2,1H3. The van der Waals surface area contributed by atoms with Crippen LogP contribution in [0.3, 0.4) is 0 Å². The van der Waals surface area contributed by atoms with E-state index in [-0.39, 0.29) is 12.4 Å². The van der Waals surface area contributed by atoms with E-state index in [1.54, 1.807) is 6.92 Å². The quantitative estimate of drug-likeness (QED) is 0.857. The number of esters is 1. The molecule has 1 heterocycles. The van der Waals surface area contributed by atoms with Crippen LogP contribution in [-0.4, -0.2) is 18.3 Å². The lowest BCUT2D eigenvalue weighted by Crippen LogP contribution is -2.17. The second kappa shape index (κ2) is 4.72.